The van der Waals surface area contributed by atoms with E-state index < -0.39 is 0 Å². The van der Waals surface area contributed by atoms with Crippen molar-refractivity contribution in [2.75, 3.05) is 19.5 Å². The van der Waals surface area contributed by atoms with Crippen LogP contribution in [0.4, 0.5) is 11.5 Å². The van der Waals surface area contributed by atoms with Crippen molar-refractivity contribution in [3.63, 3.8) is 0 Å². The maximum absolute atomic E-state index is 10.0. The summed E-state index contributed by atoms with van der Waals surface area (Å²) in [4.78, 5) is 9.68. The van der Waals surface area contributed by atoms with Gasteiger partial charge in [0.25, 0.3) is 0 Å². The fourth-order valence-corrected chi connectivity index (χ4v) is 3.77. The fraction of sp³-hybridized carbons (Fsp3) is 0.100. The first kappa shape index (κ1) is 17.1. The van der Waals surface area contributed by atoms with Crippen LogP contribution in [0.25, 0.3) is 21.3 Å². The van der Waals surface area contributed by atoms with E-state index in [1.54, 1.807) is 30.6 Å². The van der Waals surface area contributed by atoms with Gasteiger partial charge < -0.3 is 19.9 Å². The van der Waals surface area contributed by atoms with E-state index in [2.05, 4.69) is 20.7 Å². The van der Waals surface area contributed by atoms with Gasteiger partial charge in [-0.05, 0) is 29.8 Å². The number of hydrogen-bond acceptors (Lipinski definition) is 7. The van der Waals surface area contributed by atoms with Crippen LogP contribution in [0, 0.1) is 0 Å². The number of nitrogens with zero attached hydrogens (tertiary/aromatic N) is 2. The normalized spacial score (nSPS) is 10.7. The average Bonchev–Trinajstić information content (AvgIpc) is 3.13. The summed E-state index contributed by atoms with van der Waals surface area (Å²) in [5, 5.41) is 16.3. The molecule has 136 valence electrons. The molecule has 0 aliphatic rings. The molecule has 4 aromatic rings. The number of phenols is 1. The molecule has 0 radical (unpaired) electrons. The number of aromatic nitrogens is 2. The van der Waals surface area contributed by atoms with Gasteiger partial charge in [0.2, 0.25) is 0 Å². The molecule has 0 fully saturated rings. The van der Waals surface area contributed by atoms with E-state index in [1.165, 1.54) is 13.4 Å². The molecule has 0 aliphatic heterocycles. The predicted octanol–water partition coefficient (Wildman–Crippen LogP) is 4.82. The van der Waals surface area contributed by atoms with Gasteiger partial charge in [0.15, 0.2) is 11.5 Å². The summed E-state index contributed by atoms with van der Waals surface area (Å²) in [6, 6.07) is 13.0. The smallest absolute Gasteiger partial charge is 0.160 e. The number of ether oxygens (including phenoxy) is 2. The number of benzene rings is 2. The Morgan fingerprint density at radius 3 is 2.52 bits per heavy atom. The van der Waals surface area contributed by atoms with E-state index in [1.807, 2.05) is 30.3 Å². The Labute approximate surface area is 160 Å². The van der Waals surface area contributed by atoms with Crippen LogP contribution in [-0.2, 0) is 0 Å². The molecule has 0 aliphatic carbocycles. The summed E-state index contributed by atoms with van der Waals surface area (Å²) in [6.07, 6.45) is 1.53. The van der Waals surface area contributed by atoms with Crippen LogP contribution in [-0.4, -0.2) is 29.3 Å². The standard InChI is InChI=1S/C20H17N3O3S/c1-25-14-6-3-12(4-7-14)15-10-27-20-18(15)19(21-11-22-20)23-13-5-8-17(26-2)16(24)9-13/h3-11,24H,1-2H3,(H,21,22,23). The second kappa shape index (κ2) is 7.13. The summed E-state index contributed by atoms with van der Waals surface area (Å²) >= 11 is 1.56. The number of phenolic OH excluding ortho intramolecular Hbond substituents is 1. The number of methoxy groups -OCH3 is 2. The molecule has 0 saturated heterocycles. The number of rotatable bonds is 5. The molecule has 2 heterocycles. The van der Waals surface area contributed by atoms with Gasteiger partial charge in [-0.25, -0.2) is 9.97 Å². The first-order valence-electron chi connectivity index (χ1n) is 8.20. The zero-order chi connectivity index (χ0) is 18.8. The van der Waals surface area contributed by atoms with Gasteiger partial charge in [0, 0.05) is 22.7 Å². The van der Waals surface area contributed by atoms with Crippen LogP contribution < -0.4 is 14.8 Å². The second-order valence-corrected chi connectivity index (χ2v) is 6.65. The van der Waals surface area contributed by atoms with Crippen LogP contribution in [0.2, 0.25) is 0 Å². The van der Waals surface area contributed by atoms with Crippen molar-refractivity contribution in [1.82, 2.24) is 9.97 Å². The van der Waals surface area contributed by atoms with Gasteiger partial charge in [0.1, 0.15) is 22.7 Å². The lowest BCUT2D eigenvalue weighted by molar-refractivity contribution is 0.373. The van der Waals surface area contributed by atoms with Crippen LogP contribution in [0.1, 0.15) is 0 Å². The molecule has 7 heteroatoms. The highest BCUT2D eigenvalue weighted by Crippen LogP contribution is 2.38. The van der Waals surface area contributed by atoms with E-state index in [4.69, 9.17) is 9.47 Å². The summed E-state index contributed by atoms with van der Waals surface area (Å²) in [5.41, 5.74) is 2.80. The molecule has 0 atom stereocenters. The van der Waals surface area contributed by atoms with Crippen molar-refractivity contribution in [1.29, 1.82) is 0 Å². The number of aromatic hydroxyl groups is 1. The predicted molar refractivity (Wildman–Crippen MR) is 107 cm³/mol. The number of hydrogen-bond donors (Lipinski definition) is 2. The minimum absolute atomic E-state index is 0.0634. The van der Waals surface area contributed by atoms with Gasteiger partial charge >= 0.3 is 0 Å². The first-order chi connectivity index (χ1) is 13.2. The Balaban J connectivity index is 1.77. The molecule has 0 bridgehead atoms. The maximum Gasteiger partial charge on any atom is 0.160 e. The van der Waals surface area contributed by atoms with Gasteiger partial charge in [-0.3, -0.25) is 0 Å². The van der Waals surface area contributed by atoms with Gasteiger partial charge in [0.05, 0.1) is 19.6 Å². The van der Waals surface area contributed by atoms with E-state index in [0.717, 1.165) is 27.1 Å². The summed E-state index contributed by atoms with van der Waals surface area (Å²) < 4.78 is 10.3. The van der Waals surface area contributed by atoms with Gasteiger partial charge in [-0.2, -0.15) is 0 Å². The first-order valence-corrected chi connectivity index (χ1v) is 9.08. The zero-order valence-corrected chi connectivity index (χ0v) is 15.6. The van der Waals surface area contributed by atoms with Crippen molar-refractivity contribution in [2.45, 2.75) is 0 Å². The molecule has 2 N–H and O–H groups in total. The minimum Gasteiger partial charge on any atom is -0.504 e. The largest absolute Gasteiger partial charge is 0.504 e. The summed E-state index contributed by atoms with van der Waals surface area (Å²) in [6.45, 7) is 0. The van der Waals surface area contributed by atoms with E-state index in [9.17, 15) is 5.11 Å². The molecular weight excluding hydrogens is 362 g/mol. The SMILES string of the molecule is COc1ccc(-c2csc3ncnc(Nc4ccc(OC)c(O)c4)c23)cc1. The molecule has 0 spiro atoms. The monoisotopic (exact) mass is 379 g/mol. The molecule has 6 nitrogen and oxygen atoms in total. The number of thiophene rings is 1. The van der Waals surface area contributed by atoms with Crippen molar-refractivity contribution < 1.29 is 14.6 Å². The van der Waals surface area contributed by atoms with Crippen LogP contribution >= 0.6 is 11.3 Å². The third-order valence-electron chi connectivity index (χ3n) is 4.21. The number of fused-ring (bicyclic) bond motifs is 1. The van der Waals surface area contributed by atoms with Crippen LogP contribution in [0.3, 0.4) is 0 Å². The van der Waals surface area contributed by atoms with Crippen molar-refractivity contribution in [2.24, 2.45) is 0 Å². The van der Waals surface area contributed by atoms with Gasteiger partial charge in [-0.15, -0.1) is 11.3 Å². The second-order valence-electron chi connectivity index (χ2n) is 5.79. The molecule has 0 unspecified atom stereocenters. The quantitative estimate of drug-likeness (QED) is 0.517. The molecule has 0 amide bonds. The Hall–Kier alpha value is -3.32. The van der Waals surface area contributed by atoms with E-state index >= 15 is 0 Å². The Morgan fingerprint density at radius 2 is 1.81 bits per heavy atom. The van der Waals surface area contributed by atoms with Crippen LogP contribution in [0.5, 0.6) is 17.2 Å². The Morgan fingerprint density at radius 1 is 1.00 bits per heavy atom. The Kier molecular flexibility index (Phi) is 4.52. The Bertz CT molecular complexity index is 1090. The maximum atomic E-state index is 10.0. The third kappa shape index (κ3) is 3.24. The minimum atomic E-state index is 0.0634. The topological polar surface area (TPSA) is 76.5 Å². The molecular formula is C20H17N3O3S. The highest BCUT2D eigenvalue weighted by Gasteiger charge is 2.14. The molecule has 27 heavy (non-hydrogen) atoms. The fourth-order valence-electron chi connectivity index (χ4n) is 2.86. The number of anilines is 2. The summed E-state index contributed by atoms with van der Waals surface area (Å²) in [5.74, 6) is 1.97. The van der Waals surface area contributed by atoms with Crippen molar-refractivity contribution in [3.05, 3.63) is 54.2 Å². The molecule has 0 saturated carbocycles. The average molecular weight is 379 g/mol. The highest BCUT2D eigenvalue weighted by molar-refractivity contribution is 7.17. The molecule has 4 rings (SSSR count). The lowest BCUT2D eigenvalue weighted by Gasteiger charge is -2.10. The van der Waals surface area contributed by atoms with E-state index in [0.29, 0.717) is 17.3 Å². The highest BCUT2D eigenvalue weighted by atomic mass is 32.1. The lowest BCUT2D eigenvalue weighted by atomic mass is 10.1. The van der Waals surface area contributed by atoms with Crippen molar-refractivity contribution in [3.8, 4) is 28.4 Å². The van der Waals surface area contributed by atoms with Crippen LogP contribution in [0.15, 0.2) is 54.2 Å². The zero-order valence-electron chi connectivity index (χ0n) is 14.8. The summed E-state index contributed by atoms with van der Waals surface area (Å²) in [7, 11) is 3.16. The lowest BCUT2D eigenvalue weighted by Crippen LogP contribution is -1.96. The van der Waals surface area contributed by atoms with Gasteiger partial charge in [-0.1, -0.05) is 12.1 Å². The molecule has 2 aromatic heterocycles. The van der Waals surface area contributed by atoms with Crippen molar-refractivity contribution >= 4 is 33.1 Å². The van der Waals surface area contributed by atoms with E-state index in [-0.39, 0.29) is 5.75 Å². The third-order valence-corrected chi connectivity index (χ3v) is 5.10. The number of nitrogens with one attached hydrogen (secondary N) is 1. The molecule has 2 aromatic carbocycles.